The van der Waals surface area contributed by atoms with E-state index in [-0.39, 0.29) is 16.6 Å². The van der Waals surface area contributed by atoms with Gasteiger partial charge in [-0.05, 0) is 46.6 Å². The van der Waals surface area contributed by atoms with Gasteiger partial charge in [0.2, 0.25) is 0 Å². The van der Waals surface area contributed by atoms with Crippen LogP contribution in [0.1, 0.15) is 24.9 Å². The van der Waals surface area contributed by atoms with Gasteiger partial charge in [-0.15, -0.1) is 0 Å². The Labute approximate surface area is 120 Å². The summed E-state index contributed by atoms with van der Waals surface area (Å²) in [5.74, 6) is -5.70. The van der Waals surface area contributed by atoms with Crippen molar-refractivity contribution in [1.82, 2.24) is 5.32 Å². The molecule has 0 saturated carbocycles. The minimum absolute atomic E-state index is 0.0225. The molecular formula is C12H12BrF6N. The van der Waals surface area contributed by atoms with Crippen LogP contribution in [0, 0.1) is 5.82 Å². The summed E-state index contributed by atoms with van der Waals surface area (Å²) in [4.78, 5) is 0. The van der Waals surface area contributed by atoms with E-state index in [9.17, 15) is 26.3 Å². The highest BCUT2D eigenvalue weighted by Crippen LogP contribution is 2.44. The van der Waals surface area contributed by atoms with E-state index in [4.69, 9.17) is 0 Å². The summed E-state index contributed by atoms with van der Waals surface area (Å²) in [5.41, 5.74) is -0.339. The van der Waals surface area contributed by atoms with Crippen LogP contribution < -0.4 is 5.32 Å². The van der Waals surface area contributed by atoms with Crippen molar-refractivity contribution in [3.05, 3.63) is 34.1 Å². The molecule has 1 unspecified atom stereocenters. The van der Waals surface area contributed by atoms with Gasteiger partial charge in [0.1, 0.15) is 11.9 Å². The highest BCUT2D eigenvalue weighted by Gasteiger charge is 2.62. The number of hydrogen-bond donors (Lipinski definition) is 1. The summed E-state index contributed by atoms with van der Waals surface area (Å²) in [6.07, 6.45) is -5.31. The SMILES string of the molecule is CCCNC(c1ccc(F)c(Br)c1)C(F)(F)C(F)(F)F. The summed E-state index contributed by atoms with van der Waals surface area (Å²) in [6, 6.07) is 0.404. The van der Waals surface area contributed by atoms with Crippen molar-refractivity contribution in [2.75, 3.05) is 6.54 Å². The van der Waals surface area contributed by atoms with E-state index in [0.717, 1.165) is 18.2 Å². The number of alkyl halides is 5. The number of halogens is 7. The zero-order chi connectivity index (χ0) is 15.6. The molecule has 114 valence electrons. The quantitative estimate of drug-likeness (QED) is 0.739. The zero-order valence-electron chi connectivity index (χ0n) is 10.4. The molecule has 0 spiro atoms. The second-order valence-electron chi connectivity index (χ2n) is 4.18. The van der Waals surface area contributed by atoms with Crippen LogP contribution in [0.3, 0.4) is 0 Å². The fourth-order valence-corrected chi connectivity index (χ4v) is 2.00. The first kappa shape index (κ1) is 17.3. The number of hydrogen-bond acceptors (Lipinski definition) is 1. The molecule has 0 radical (unpaired) electrons. The second-order valence-corrected chi connectivity index (χ2v) is 5.04. The second kappa shape index (κ2) is 6.34. The lowest BCUT2D eigenvalue weighted by Gasteiger charge is -2.30. The van der Waals surface area contributed by atoms with Gasteiger partial charge in [0, 0.05) is 0 Å². The molecule has 0 amide bonds. The van der Waals surface area contributed by atoms with Gasteiger partial charge in [-0.25, -0.2) is 4.39 Å². The van der Waals surface area contributed by atoms with Gasteiger partial charge in [0.05, 0.1) is 4.47 Å². The van der Waals surface area contributed by atoms with Crippen molar-refractivity contribution in [1.29, 1.82) is 0 Å². The Morgan fingerprint density at radius 1 is 1.20 bits per heavy atom. The van der Waals surface area contributed by atoms with Gasteiger partial charge in [0.25, 0.3) is 0 Å². The van der Waals surface area contributed by atoms with Crippen molar-refractivity contribution in [3.8, 4) is 0 Å². The van der Waals surface area contributed by atoms with Crippen LogP contribution in [0.5, 0.6) is 0 Å². The van der Waals surface area contributed by atoms with Crippen molar-refractivity contribution < 1.29 is 26.3 Å². The summed E-state index contributed by atoms with van der Waals surface area (Å²) in [6.45, 7) is 1.61. The first-order valence-electron chi connectivity index (χ1n) is 5.74. The standard InChI is InChI=1S/C12H12BrF6N/c1-2-5-20-10(11(15,16)12(17,18)19)7-3-4-9(14)8(13)6-7/h3-4,6,10,20H,2,5H2,1H3. The van der Waals surface area contributed by atoms with Gasteiger partial charge < -0.3 is 5.32 Å². The maximum atomic E-state index is 13.5. The predicted molar refractivity (Wildman–Crippen MR) is 66.1 cm³/mol. The van der Waals surface area contributed by atoms with Gasteiger partial charge in [-0.3, -0.25) is 0 Å². The molecule has 0 aliphatic rings. The molecule has 1 aromatic rings. The van der Waals surface area contributed by atoms with E-state index >= 15 is 0 Å². The first-order valence-corrected chi connectivity index (χ1v) is 6.53. The summed E-state index contributed by atoms with van der Waals surface area (Å²) < 4.78 is 77.5. The topological polar surface area (TPSA) is 12.0 Å². The van der Waals surface area contributed by atoms with E-state index in [1.165, 1.54) is 0 Å². The largest absolute Gasteiger partial charge is 0.455 e. The Morgan fingerprint density at radius 2 is 1.80 bits per heavy atom. The van der Waals surface area contributed by atoms with E-state index in [0.29, 0.717) is 6.42 Å². The molecule has 1 atom stereocenters. The first-order chi connectivity index (χ1) is 9.11. The van der Waals surface area contributed by atoms with Crippen LogP contribution in [0.15, 0.2) is 22.7 Å². The van der Waals surface area contributed by atoms with E-state index in [1.54, 1.807) is 6.92 Å². The fourth-order valence-electron chi connectivity index (χ4n) is 1.60. The molecule has 0 aliphatic carbocycles. The molecule has 0 aliphatic heterocycles. The molecule has 1 N–H and O–H groups in total. The summed E-state index contributed by atoms with van der Waals surface area (Å²) in [5, 5.41) is 2.17. The van der Waals surface area contributed by atoms with E-state index < -0.39 is 24.0 Å². The molecule has 1 nitrogen and oxygen atoms in total. The highest BCUT2D eigenvalue weighted by molar-refractivity contribution is 9.10. The number of nitrogens with one attached hydrogen (secondary N) is 1. The normalized spacial score (nSPS) is 14.4. The van der Waals surface area contributed by atoms with E-state index in [2.05, 4.69) is 21.2 Å². The number of benzene rings is 1. The lowest BCUT2D eigenvalue weighted by atomic mass is 9.99. The van der Waals surface area contributed by atoms with Crippen molar-refractivity contribution in [2.45, 2.75) is 31.5 Å². The van der Waals surface area contributed by atoms with Crippen molar-refractivity contribution in [2.24, 2.45) is 0 Å². The Balaban J connectivity index is 3.21. The van der Waals surface area contributed by atoms with Crippen LogP contribution in [0.4, 0.5) is 26.3 Å². The van der Waals surface area contributed by atoms with Crippen molar-refractivity contribution in [3.63, 3.8) is 0 Å². The maximum Gasteiger partial charge on any atom is 0.455 e. The Bertz CT molecular complexity index is 460. The van der Waals surface area contributed by atoms with Crippen LogP contribution in [-0.2, 0) is 0 Å². The molecular weight excluding hydrogens is 352 g/mol. The fraction of sp³-hybridized carbons (Fsp3) is 0.500. The molecule has 1 aromatic carbocycles. The lowest BCUT2D eigenvalue weighted by molar-refractivity contribution is -0.294. The average molecular weight is 364 g/mol. The van der Waals surface area contributed by atoms with Gasteiger partial charge in [-0.1, -0.05) is 13.0 Å². The molecule has 1 rings (SSSR count). The van der Waals surface area contributed by atoms with Crippen LogP contribution in [0.25, 0.3) is 0 Å². The number of rotatable bonds is 5. The molecule has 8 heteroatoms. The molecule has 0 bridgehead atoms. The third-order valence-electron chi connectivity index (χ3n) is 2.62. The lowest BCUT2D eigenvalue weighted by Crippen LogP contribution is -2.48. The van der Waals surface area contributed by atoms with Crippen molar-refractivity contribution >= 4 is 15.9 Å². The summed E-state index contributed by atoms with van der Waals surface area (Å²) >= 11 is 2.77. The Hall–Kier alpha value is -0.760. The van der Waals surface area contributed by atoms with Gasteiger partial charge in [0.15, 0.2) is 0 Å². The van der Waals surface area contributed by atoms with E-state index in [1.807, 2.05) is 0 Å². The molecule has 0 saturated heterocycles. The third-order valence-corrected chi connectivity index (χ3v) is 3.22. The van der Waals surface area contributed by atoms with Crippen LogP contribution >= 0.6 is 15.9 Å². The molecule has 20 heavy (non-hydrogen) atoms. The monoisotopic (exact) mass is 363 g/mol. The average Bonchev–Trinajstić information content (AvgIpc) is 2.32. The minimum atomic E-state index is -5.70. The minimum Gasteiger partial charge on any atom is -0.305 e. The molecule has 0 fully saturated rings. The third kappa shape index (κ3) is 3.66. The zero-order valence-corrected chi connectivity index (χ0v) is 12.0. The van der Waals surface area contributed by atoms with Crippen LogP contribution in [0.2, 0.25) is 0 Å². The van der Waals surface area contributed by atoms with Crippen LogP contribution in [-0.4, -0.2) is 18.6 Å². The van der Waals surface area contributed by atoms with Gasteiger partial charge in [-0.2, -0.15) is 22.0 Å². The maximum absolute atomic E-state index is 13.5. The smallest absolute Gasteiger partial charge is 0.305 e. The highest BCUT2D eigenvalue weighted by atomic mass is 79.9. The molecule has 0 heterocycles. The predicted octanol–water partition coefficient (Wildman–Crippen LogP) is 4.83. The Kier molecular flexibility index (Phi) is 5.48. The summed E-state index contributed by atoms with van der Waals surface area (Å²) in [7, 11) is 0. The Morgan fingerprint density at radius 3 is 2.25 bits per heavy atom. The molecule has 0 aromatic heterocycles. The van der Waals surface area contributed by atoms with Gasteiger partial charge >= 0.3 is 12.1 Å².